The Hall–Kier alpha value is -2.66. The lowest BCUT2D eigenvalue weighted by molar-refractivity contribution is -0.128. The van der Waals surface area contributed by atoms with Crippen LogP contribution in [0.15, 0.2) is 42.5 Å². The Kier molecular flexibility index (Phi) is 6.15. The van der Waals surface area contributed by atoms with Gasteiger partial charge in [-0.05, 0) is 69.0 Å². The maximum atomic E-state index is 13.4. The van der Waals surface area contributed by atoms with Gasteiger partial charge in [0.2, 0.25) is 11.8 Å². The molecule has 0 fully saturated rings. The maximum absolute atomic E-state index is 13.4. The highest BCUT2D eigenvalue weighted by Crippen LogP contribution is 2.29. The van der Waals surface area contributed by atoms with Gasteiger partial charge in [-0.1, -0.05) is 36.4 Å². The molecule has 0 aromatic heterocycles. The zero-order valence-corrected chi connectivity index (χ0v) is 17.1. The van der Waals surface area contributed by atoms with Crippen molar-refractivity contribution in [2.45, 2.75) is 52.2 Å². The molecule has 28 heavy (non-hydrogen) atoms. The minimum absolute atomic E-state index is 0.0532. The van der Waals surface area contributed by atoms with Crippen molar-refractivity contribution in [1.29, 1.82) is 0 Å². The van der Waals surface area contributed by atoms with E-state index in [9.17, 15) is 9.59 Å². The number of para-hydroxylation sites is 1. The third kappa shape index (κ3) is 4.09. The first kappa shape index (κ1) is 20.1. The van der Waals surface area contributed by atoms with Gasteiger partial charge in [0, 0.05) is 5.69 Å². The zero-order chi connectivity index (χ0) is 20.3. The van der Waals surface area contributed by atoms with Crippen molar-refractivity contribution in [3.05, 3.63) is 64.7 Å². The van der Waals surface area contributed by atoms with Crippen LogP contribution in [0.3, 0.4) is 0 Å². The number of aryl methyl sites for hydroxylation is 2. The van der Waals surface area contributed by atoms with E-state index < -0.39 is 6.04 Å². The van der Waals surface area contributed by atoms with Crippen LogP contribution in [0.25, 0.3) is 0 Å². The first-order chi connectivity index (χ1) is 13.4. The molecule has 1 heterocycles. The maximum Gasteiger partial charge on any atom is 0.249 e. The van der Waals surface area contributed by atoms with E-state index in [1.54, 1.807) is 14.0 Å². The lowest BCUT2D eigenvalue weighted by Gasteiger charge is -2.28. The van der Waals surface area contributed by atoms with Crippen LogP contribution in [0.2, 0.25) is 0 Å². The number of hydrogen-bond acceptors (Lipinski definition) is 3. The molecule has 3 rings (SSSR count). The third-order valence-electron chi connectivity index (χ3n) is 5.74. The standard InChI is InChI=1S/C23H29N3O2/c1-15-8-7-10-19(16(15)2)14-26-21-11-6-5-9-18(21)12-13-20(23(26)28)25-22(27)17(3)24-4/h5-11,17,20,24H,12-14H2,1-4H3,(H,25,27)/t17-,20-/m0/s1. The summed E-state index contributed by atoms with van der Waals surface area (Å²) in [6, 6.07) is 13.3. The van der Waals surface area contributed by atoms with Gasteiger partial charge in [-0.15, -0.1) is 0 Å². The molecule has 0 saturated heterocycles. The lowest BCUT2D eigenvalue weighted by Crippen LogP contribution is -2.52. The fourth-order valence-corrected chi connectivity index (χ4v) is 3.59. The SMILES string of the molecule is CN[C@@H](C)C(=O)N[C@H]1CCc2ccccc2N(Cc2cccc(C)c2C)C1=O. The molecule has 0 saturated carbocycles. The molecule has 0 spiro atoms. The molecule has 2 N–H and O–H groups in total. The number of nitrogens with zero attached hydrogens (tertiary/aromatic N) is 1. The van der Waals surface area contributed by atoms with Crippen molar-refractivity contribution in [2.24, 2.45) is 0 Å². The summed E-state index contributed by atoms with van der Waals surface area (Å²) >= 11 is 0. The monoisotopic (exact) mass is 379 g/mol. The number of benzene rings is 2. The number of rotatable bonds is 5. The van der Waals surface area contributed by atoms with E-state index in [-0.39, 0.29) is 17.9 Å². The van der Waals surface area contributed by atoms with Gasteiger partial charge in [0.15, 0.2) is 0 Å². The number of anilines is 1. The Labute approximate surface area is 167 Å². The molecule has 0 aliphatic carbocycles. The lowest BCUT2D eigenvalue weighted by atomic mass is 10.0. The number of likely N-dealkylation sites (N-methyl/N-ethyl adjacent to an activating group) is 1. The molecule has 0 bridgehead atoms. The number of carbonyl (C=O) groups excluding carboxylic acids is 2. The van der Waals surface area contributed by atoms with Crippen LogP contribution < -0.4 is 15.5 Å². The van der Waals surface area contributed by atoms with Crippen molar-refractivity contribution in [1.82, 2.24) is 10.6 Å². The first-order valence-electron chi connectivity index (χ1n) is 9.84. The average Bonchev–Trinajstić information content (AvgIpc) is 2.82. The fraction of sp³-hybridized carbons (Fsp3) is 0.391. The van der Waals surface area contributed by atoms with Gasteiger partial charge >= 0.3 is 0 Å². The minimum Gasteiger partial charge on any atom is -0.343 e. The third-order valence-corrected chi connectivity index (χ3v) is 5.74. The average molecular weight is 380 g/mol. The quantitative estimate of drug-likeness (QED) is 0.840. The molecular formula is C23H29N3O2. The van der Waals surface area contributed by atoms with E-state index in [2.05, 4.69) is 42.7 Å². The number of fused-ring (bicyclic) bond motifs is 1. The van der Waals surface area contributed by atoms with Crippen LogP contribution in [0, 0.1) is 13.8 Å². The van der Waals surface area contributed by atoms with Crippen molar-refractivity contribution < 1.29 is 9.59 Å². The second-order valence-corrected chi connectivity index (χ2v) is 7.52. The smallest absolute Gasteiger partial charge is 0.249 e. The molecular weight excluding hydrogens is 350 g/mol. The van der Waals surface area contributed by atoms with Crippen molar-refractivity contribution in [2.75, 3.05) is 11.9 Å². The van der Waals surface area contributed by atoms with Crippen LogP contribution in [0.1, 0.15) is 35.6 Å². The van der Waals surface area contributed by atoms with E-state index in [1.807, 2.05) is 29.2 Å². The van der Waals surface area contributed by atoms with E-state index in [0.717, 1.165) is 23.2 Å². The van der Waals surface area contributed by atoms with Crippen LogP contribution in [-0.4, -0.2) is 30.9 Å². The highest BCUT2D eigenvalue weighted by Gasteiger charge is 2.32. The molecule has 2 atom stereocenters. The molecule has 148 valence electrons. The zero-order valence-electron chi connectivity index (χ0n) is 17.1. The summed E-state index contributed by atoms with van der Waals surface area (Å²) in [5.74, 6) is -0.207. The number of carbonyl (C=O) groups is 2. The second-order valence-electron chi connectivity index (χ2n) is 7.52. The highest BCUT2D eigenvalue weighted by molar-refractivity contribution is 6.00. The Balaban J connectivity index is 1.94. The van der Waals surface area contributed by atoms with Gasteiger partial charge < -0.3 is 15.5 Å². The summed E-state index contributed by atoms with van der Waals surface area (Å²) < 4.78 is 0. The Morgan fingerprint density at radius 2 is 1.93 bits per heavy atom. The normalized spacial score (nSPS) is 17.6. The Morgan fingerprint density at radius 3 is 2.68 bits per heavy atom. The number of amides is 2. The predicted octanol–water partition coefficient (Wildman–Crippen LogP) is 2.88. The Bertz CT molecular complexity index is 878. The van der Waals surface area contributed by atoms with Crippen LogP contribution in [0.4, 0.5) is 5.69 Å². The van der Waals surface area contributed by atoms with Gasteiger partial charge in [0.25, 0.3) is 0 Å². The van der Waals surface area contributed by atoms with Crippen molar-refractivity contribution >= 4 is 17.5 Å². The summed E-state index contributed by atoms with van der Waals surface area (Å²) in [6.07, 6.45) is 1.35. The highest BCUT2D eigenvalue weighted by atomic mass is 16.2. The summed E-state index contributed by atoms with van der Waals surface area (Å²) in [5.41, 5.74) is 5.60. The first-order valence-corrected chi connectivity index (χ1v) is 9.84. The molecule has 0 radical (unpaired) electrons. The molecule has 1 aliphatic heterocycles. The van der Waals surface area contributed by atoms with Crippen molar-refractivity contribution in [3.63, 3.8) is 0 Å². The van der Waals surface area contributed by atoms with Crippen LogP contribution in [-0.2, 0) is 22.6 Å². The second kappa shape index (κ2) is 8.57. The van der Waals surface area contributed by atoms with Crippen LogP contribution in [0.5, 0.6) is 0 Å². The van der Waals surface area contributed by atoms with Gasteiger partial charge in [-0.3, -0.25) is 9.59 Å². The molecule has 2 aromatic carbocycles. The van der Waals surface area contributed by atoms with Gasteiger partial charge in [0.05, 0.1) is 12.6 Å². The minimum atomic E-state index is -0.527. The molecule has 5 nitrogen and oxygen atoms in total. The van der Waals surface area contributed by atoms with Gasteiger partial charge in [-0.2, -0.15) is 0 Å². The van der Waals surface area contributed by atoms with E-state index in [1.165, 1.54) is 11.1 Å². The largest absolute Gasteiger partial charge is 0.343 e. The van der Waals surface area contributed by atoms with E-state index in [4.69, 9.17) is 0 Å². The predicted molar refractivity (Wildman–Crippen MR) is 112 cm³/mol. The Morgan fingerprint density at radius 1 is 1.18 bits per heavy atom. The summed E-state index contributed by atoms with van der Waals surface area (Å²) in [4.78, 5) is 27.7. The summed E-state index contributed by atoms with van der Waals surface area (Å²) in [5, 5.41) is 5.87. The van der Waals surface area contributed by atoms with Crippen molar-refractivity contribution in [3.8, 4) is 0 Å². The van der Waals surface area contributed by atoms with Gasteiger partial charge in [-0.25, -0.2) is 0 Å². The molecule has 5 heteroatoms. The van der Waals surface area contributed by atoms with E-state index in [0.29, 0.717) is 13.0 Å². The number of hydrogen-bond donors (Lipinski definition) is 2. The van der Waals surface area contributed by atoms with Crippen LogP contribution >= 0.6 is 0 Å². The summed E-state index contributed by atoms with van der Waals surface area (Å²) in [7, 11) is 1.74. The number of nitrogens with one attached hydrogen (secondary N) is 2. The summed E-state index contributed by atoms with van der Waals surface area (Å²) in [6.45, 7) is 6.46. The fourth-order valence-electron chi connectivity index (χ4n) is 3.59. The molecule has 0 unspecified atom stereocenters. The van der Waals surface area contributed by atoms with Gasteiger partial charge in [0.1, 0.15) is 6.04 Å². The van der Waals surface area contributed by atoms with E-state index >= 15 is 0 Å². The molecule has 2 amide bonds. The molecule has 1 aliphatic rings. The molecule has 2 aromatic rings. The topological polar surface area (TPSA) is 61.4 Å².